The van der Waals surface area contributed by atoms with Gasteiger partial charge in [0.2, 0.25) is 0 Å². The molecule has 2 amide bonds. The molecule has 0 aromatic rings. The van der Waals surface area contributed by atoms with Crippen molar-refractivity contribution in [3.05, 3.63) is 11.6 Å². The summed E-state index contributed by atoms with van der Waals surface area (Å²) < 4.78 is 23.8. The summed E-state index contributed by atoms with van der Waals surface area (Å²) in [5, 5.41) is 5.45. The van der Waals surface area contributed by atoms with Crippen LogP contribution in [0.1, 0.15) is 59.3 Å². The summed E-state index contributed by atoms with van der Waals surface area (Å²) in [6, 6.07) is -0.530. The summed E-state index contributed by atoms with van der Waals surface area (Å²) in [6.45, 7) is 6.61. The van der Waals surface area contributed by atoms with Gasteiger partial charge in [-0.2, -0.15) is 0 Å². The van der Waals surface area contributed by atoms with Gasteiger partial charge in [0.25, 0.3) is 0 Å². The summed E-state index contributed by atoms with van der Waals surface area (Å²) in [6.07, 6.45) is 8.35. The molecule has 1 saturated heterocycles. The number of nitrogens with one attached hydrogen (secondary N) is 2. The first-order chi connectivity index (χ1) is 10.7. The summed E-state index contributed by atoms with van der Waals surface area (Å²) in [5.74, 6) is 0.0517. The Balaban J connectivity index is 1.82. The van der Waals surface area contributed by atoms with E-state index in [0.717, 1.165) is 19.3 Å². The first-order valence-electron chi connectivity index (χ1n) is 8.66. The predicted molar refractivity (Wildman–Crippen MR) is 93.1 cm³/mol. The number of carbonyl (C=O) groups is 1. The van der Waals surface area contributed by atoms with E-state index in [1.807, 2.05) is 0 Å². The lowest BCUT2D eigenvalue weighted by atomic mass is 9.78. The molecule has 0 radical (unpaired) electrons. The Labute approximate surface area is 140 Å². The number of hydrogen-bond donors (Lipinski definition) is 2. The van der Waals surface area contributed by atoms with Crippen LogP contribution in [0.25, 0.3) is 0 Å². The van der Waals surface area contributed by atoms with E-state index in [1.165, 1.54) is 18.4 Å². The second-order valence-electron chi connectivity index (χ2n) is 7.60. The molecular weight excluding hydrogens is 312 g/mol. The van der Waals surface area contributed by atoms with Gasteiger partial charge in [0, 0.05) is 18.0 Å². The third-order valence-corrected chi connectivity index (χ3v) is 7.48. The first-order valence-corrected chi connectivity index (χ1v) is 10.4. The molecule has 6 heteroatoms. The fourth-order valence-corrected chi connectivity index (χ4v) is 5.00. The second-order valence-corrected chi connectivity index (χ2v) is 10.1. The molecule has 1 heterocycles. The van der Waals surface area contributed by atoms with Gasteiger partial charge < -0.3 is 10.6 Å². The number of urea groups is 1. The van der Waals surface area contributed by atoms with E-state index >= 15 is 0 Å². The van der Waals surface area contributed by atoms with Gasteiger partial charge in [0.05, 0.1) is 11.0 Å². The van der Waals surface area contributed by atoms with Gasteiger partial charge in [-0.1, -0.05) is 25.5 Å². The fourth-order valence-electron chi connectivity index (χ4n) is 3.36. The van der Waals surface area contributed by atoms with E-state index in [0.29, 0.717) is 13.0 Å². The quantitative estimate of drug-likeness (QED) is 0.771. The van der Waals surface area contributed by atoms with Crippen molar-refractivity contribution < 1.29 is 13.2 Å². The lowest BCUT2D eigenvalue weighted by Gasteiger charge is -2.31. The number of hydrogen-bond acceptors (Lipinski definition) is 3. The Bertz CT molecular complexity index is 566. The van der Waals surface area contributed by atoms with E-state index < -0.39 is 9.84 Å². The number of carbonyl (C=O) groups excluding carboxylic acids is 1. The van der Waals surface area contributed by atoms with Gasteiger partial charge in [0.1, 0.15) is 0 Å². The molecule has 0 saturated carbocycles. The molecule has 23 heavy (non-hydrogen) atoms. The Morgan fingerprint density at radius 3 is 2.65 bits per heavy atom. The van der Waals surface area contributed by atoms with Crippen LogP contribution in [0.3, 0.4) is 0 Å². The van der Waals surface area contributed by atoms with E-state index in [9.17, 15) is 13.2 Å². The Morgan fingerprint density at radius 2 is 2.04 bits per heavy atom. The van der Waals surface area contributed by atoms with Gasteiger partial charge in [-0.25, -0.2) is 13.2 Å². The zero-order valence-electron chi connectivity index (χ0n) is 14.5. The minimum atomic E-state index is -3.07. The predicted octanol–water partition coefficient (Wildman–Crippen LogP) is 2.78. The maximum absolute atomic E-state index is 12.1. The highest BCUT2D eigenvalue weighted by Gasteiger charge is 2.32. The van der Waals surface area contributed by atoms with E-state index in [4.69, 9.17) is 0 Å². The molecule has 2 unspecified atom stereocenters. The molecule has 1 aliphatic carbocycles. The number of sulfone groups is 1. The molecule has 132 valence electrons. The molecule has 0 bridgehead atoms. The van der Waals surface area contributed by atoms with Gasteiger partial charge in [-0.15, -0.1) is 0 Å². The van der Waals surface area contributed by atoms with Gasteiger partial charge in [-0.05, 0) is 45.4 Å². The van der Waals surface area contributed by atoms with Crippen molar-refractivity contribution in [2.24, 2.45) is 5.41 Å². The molecule has 1 fully saturated rings. The Kier molecular flexibility index (Phi) is 5.76. The number of allylic oxidation sites excluding steroid dienone is 1. The van der Waals surface area contributed by atoms with Crippen LogP contribution >= 0.6 is 0 Å². The standard InChI is InChI=1S/C17H30N2O3S/c1-13-9-10-15(11-23(13,21)22)19-16(20)18-12-17(2,3)14-7-5-4-6-8-14/h7,13,15H,4-6,8-12H2,1-3H3,(H2,18,19,20). The summed E-state index contributed by atoms with van der Waals surface area (Å²) >= 11 is 0. The highest BCUT2D eigenvalue weighted by Crippen LogP contribution is 2.33. The SMILES string of the molecule is CC1CCC(NC(=O)NCC(C)(C)C2=CCCCC2)CS1(=O)=O. The summed E-state index contributed by atoms with van der Waals surface area (Å²) in [5.41, 5.74) is 1.36. The van der Waals surface area contributed by atoms with Crippen molar-refractivity contribution in [3.8, 4) is 0 Å². The largest absolute Gasteiger partial charge is 0.337 e. The van der Waals surface area contributed by atoms with Crippen molar-refractivity contribution in [2.75, 3.05) is 12.3 Å². The third-order valence-electron chi connectivity index (χ3n) is 5.15. The van der Waals surface area contributed by atoms with Crippen LogP contribution in [-0.2, 0) is 9.84 Å². The molecule has 1 aliphatic heterocycles. The number of rotatable bonds is 4. The summed E-state index contributed by atoms with van der Waals surface area (Å²) in [7, 11) is -3.07. The van der Waals surface area contributed by atoms with Crippen LogP contribution in [0, 0.1) is 5.41 Å². The average Bonchev–Trinajstić information content (AvgIpc) is 2.50. The topological polar surface area (TPSA) is 75.3 Å². The van der Waals surface area contributed by atoms with Crippen LogP contribution < -0.4 is 10.6 Å². The van der Waals surface area contributed by atoms with Crippen LogP contribution in [0.15, 0.2) is 11.6 Å². The maximum atomic E-state index is 12.1. The van der Waals surface area contributed by atoms with Crippen molar-refractivity contribution in [1.82, 2.24) is 10.6 Å². The molecule has 2 N–H and O–H groups in total. The Hall–Kier alpha value is -1.04. The fraction of sp³-hybridized carbons (Fsp3) is 0.824. The molecule has 2 atom stereocenters. The van der Waals surface area contributed by atoms with Gasteiger partial charge in [-0.3, -0.25) is 0 Å². The molecule has 0 spiro atoms. The van der Waals surface area contributed by atoms with Crippen LogP contribution in [-0.4, -0.2) is 38.0 Å². The third kappa shape index (κ3) is 4.96. The van der Waals surface area contributed by atoms with Crippen molar-refractivity contribution >= 4 is 15.9 Å². The highest BCUT2D eigenvalue weighted by atomic mass is 32.2. The average molecular weight is 343 g/mol. The van der Waals surface area contributed by atoms with E-state index in [-0.39, 0.29) is 28.5 Å². The van der Waals surface area contributed by atoms with Crippen LogP contribution in [0.4, 0.5) is 4.79 Å². The molecule has 5 nitrogen and oxygen atoms in total. The van der Waals surface area contributed by atoms with E-state index in [1.54, 1.807) is 6.92 Å². The van der Waals surface area contributed by atoms with Crippen molar-refractivity contribution in [1.29, 1.82) is 0 Å². The summed E-state index contributed by atoms with van der Waals surface area (Å²) in [4.78, 5) is 12.1. The molecular formula is C17H30N2O3S. The highest BCUT2D eigenvalue weighted by molar-refractivity contribution is 7.92. The van der Waals surface area contributed by atoms with E-state index in [2.05, 4.69) is 30.6 Å². The zero-order valence-corrected chi connectivity index (χ0v) is 15.3. The maximum Gasteiger partial charge on any atom is 0.315 e. The minimum absolute atomic E-state index is 0.0507. The molecule has 2 aliphatic rings. The van der Waals surface area contributed by atoms with Crippen molar-refractivity contribution in [2.45, 2.75) is 70.6 Å². The first kappa shape index (κ1) is 18.3. The van der Waals surface area contributed by atoms with Gasteiger partial charge in [0.15, 0.2) is 9.84 Å². The molecule has 2 rings (SSSR count). The number of amides is 2. The minimum Gasteiger partial charge on any atom is -0.337 e. The lowest BCUT2D eigenvalue weighted by molar-refractivity contribution is 0.232. The Morgan fingerprint density at radius 1 is 1.30 bits per heavy atom. The van der Waals surface area contributed by atoms with Crippen molar-refractivity contribution in [3.63, 3.8) is 0 Å². The second kappa shape index (κ2) is 7.24. The lowest BCUT2D eigenvalue weighted by Crippen LogP contribution is -2.50. The van der Waals surface area contributed by atoms with Crippen LogP contribution in [0.5, 0.6) is 0 Å². The smallest absolute Gasteiger partial charge is 0.315 e. The zero-order chi connectivity index (χ0) is 17.1. The molecule has 0 aromatic carbocycles. The normalized spacial score (nSPS) is 27.9. The monoisotopic (exact) mass is 342 g/mol. The molecule has 0 aromatic heterocycles. The van der Waals surface area contributed by atoms with Gasteiger partial charge >= 0.3 is 6.03 Å². The van der Waals surface area contributed by atoms with Crippen LogP contribution in [0.2, 0.25) is 0 Å².